The van der Waals surface area contributed by atoms with Gasteiger partial charge in [0, 0.05) is 12.6 Å². The van der Waals surface area contributed by atoms with E-state index in [1.165, 1.54) is 17.0 Å². The first-order valence-electron chi connectivity index (χ1n) is 6.38. The highest BCUT2D eigenvalue weighted by atomic mass is 35.5. The van der Waals surface area contributed by atoms with Gasteiger partial charge in [0.05, 0.1) is 17.1 Å². The van der Waals surface area contributed by atoms with Crippen LogP contribution in [0, 0.1) is 5.82 Å². The van der Waals surface area contributed by atoms with Crippen LogP contribution in [-0.4, -0.2) is 35.8 Å². The number of rotatable bonds is 5. The number of amides is 2. The lowest BCUT2D eigenvalue weighted by atomic mass is 10.2. The van der Waals surface area contributed by atoms with Gasteiger partial charge < -0.3 is 10.2 Å². The Morgan fingerprint density at radius 3 is 2.55 bits per heavy atom. The lowest BCUT2D eigenvalue weighted by molar-refractivity contribution is -0.122. The Morgan fingerprint density at radius 1 is 1.40 bits per heavy atom. The van der Waals surface area contributed by atoms with Crippen molar-refractivity contribution in [1.29, 1.82) is 0 Å². The van der Waals surface area contributed by atoms with Gasteiger partial charge in [-0.05, 0) is 39.0 Å². The zero-order valence-electron chi connectivity index (χ0n) is 11.7. The van der Waals surface area contributed by atoms with E-state index in [0.717, 1.165) is 6.07 Å². The van der Waals surface area contributed by atoms with Crippen LogP contribution in [0.1, 0.15) is 31.1 Å². The zero-order valence-corrected chi connectivity index (χ0v) is 12.5. The molecule has 0 saturated carbocycles. The molecule has 0 aliphatic heterocycles. The third-order valence-electron chi connectivity index (χ3n) is 2.61. The molecule has 0 aromatic heterocycles. The Bertz CT molecular complexity index is 506. The van der Waals surface area contributed by atoms with Gasteiger partial charge in [-0.2, -0.15) is 0 Å². The first-order chi connectivity index (χ1) is 9.35. The molecular weight excluding hydrogens is 283 g/mol. The largest absolute Gasteiger partial charge is 0.352 e. The van der Waals surface area contributed by atoms with Crippen LogP contribution in [-0.2, 0) is 4.79 Å². The summed E-state index contributed by atoms with van der Waals surface area (Å²) < 4.78 is 13.0. The first kappa shape index (κ1) is 16.4. The van der Waals surface area contributed by atoms with Crippen molar-refractivity contribution in [2.75, 3.05) is 13.1 Å². The second-order valence-corrected chi connectivity index (χ2v) is 5.07. The van der Waals surface area contributed by atoms with Crippen molar-refractivity contribution in [2.45, 2.75) is 26.8 Å². The van der Waals surface area contributed by atoms with Crippen LogP contribution < -0.4 is 5.32 Å². The molecule has 0 aliphatic rings. The first-order valence-corrected chi connectivity index (χ1v) is 6.76. The molecule has 1 aromatic carbocycles. The molecule has 0 fully saturated rings. The number of hydrogen-bond acceptors (Lipinski definition) is 2. The van der Waals surface area contributed by atoms with Gasteiger partial charge >= 0.3 is 0 Å². The maximum atomic E-state index is 13.0. The van der Waals surface area contributed by atoms with Gasteiger partial charge in [0.2, 0.25) is 5.91 Å². The highest BCUT2D eigenvalue weighted by Gasteiger charge is 2.20. The van der Waals surface area contributed by atoms with Crippen molar-refractivity contribution in [3.8, 4) is 0 Å². The summed E-state index contributed by atoms with van der Waals surface area (Å²) in [5.74, 6) is -1.14. The minimum Gasteiger partial charge on any atom is -0.352 e. The van der Waals surface area contributed by atoms with Crippen molar-refractivity contribution < 1.29 is 14.0 Å². The zero-order chi connectivity index (χ0) is 15.3. The molecule has 0 atom stereocenters. The molecule has 1 rings (SSSR count). The molecule has 20 heavy (non-hydrogen) atoms. The van der Waals surface area contributed by atoms with Crippen molar-refractivity contribution in [1.82, 2.24) is 10.2 Å². The topological polar surface area (TPSA) is 49.4 Å². The molecule has 0 radical (unpaired) electrons. The number of hydrogen-bond donors (Lipinski definition) is 1. The molecule has 0 spiro atoms. The molecule has 2 amide bonds. The van der Waals surface area contributed by atoms with Gasteiger partial charge in [-0.3, -0.25) is 9.59 Å². The molecule has 0 unspecified atom stereocenters. The SMILES string of the molecule is CCN(CC(=O)NC(C)C)C(=O)c1ccc(F)cc1Cl. The van der Waals surface area contributed by atoms with E-state index in [0.29, 0.717) is 6.54 Å². The van der Waals surface area contributed by atoms with Crippen LogP contribution in [0.4, 0.5) is 4.39 Å². The monoisotopic (exact) mass is 300 g/mol. The van der Waals surface area contributed by atoms with E-state index in [1.807, 2.05) is 13.8 Å². The minimum atomic E-state index is -0.507. The number of likely N-dealkylation sites (N-methyl/N-ethyl adjacent to an activating group) is 1. The summed E-state index contributed by atoms with van der Waals surface area (Å²) in [7, 11) is 0. The lowest BCUT2D eigenvalue weighted by Gasteiger charge is -2.21. The molecule has 0 aliphatic carbocycles. The van der Waals surface area contributed by atoms with E-state index in [4.69, 9.17) is 11.6 Å². The van der Waals surface area contributed by atoms with Crippen LogP contribution in [0.3, 0.4) is 0 Å². The van der Waals surface area contributed by atoms with E-state index in [9.17, 15) is 14.0 Å². The fraction of sp³-hybridized carbons (Fsp3) is 0.429. The normalized spacial score (nSPS) is 10.5. The minimum absolute atomic E-state index is 0.00529. The second-order valence-electron chi connectivity index (χ2n) is 4.67. The molecule has 0 bridgehead atoms. The summed E-state index contributed by atoms with van der Waals surface area (Å²) >= 11 is 5.86. The molecule has 110 valence electrons. The Hall–Kier alpha value is -1.62. The van der Waals surface area contributed by atoms with Gasteiger partial charge in [-0.15, -0.1) is 0 Å². The number of benzene rings is 1. The van der Waals surface area contributed by atoms with Crippen molar-refractivity contribution in [3.63, 3.8) is 0 Å². The summed E-state index contributed by atoms with van der Waals surface area (Å²) in [6, 6.07) is 3.58. The molecular formula is C14H18ClFN2O2. The Labute approximate surface area is 122 Å². The van der Waals surface area contributed by atoms with Crippen LogP contribution in [0.25, 0.3) is 0 Å². The average Bonchev–Trinajstić information content (AvgIpc) is 2.34. The molecule has 0 saturated heterocycles. The second kappa shape index (κ2) is 7.24. The Morgan fingerprint density at radius 2 is 2.05 bits per heavy atom. The standard InChI is InChI=1S/C14H18ClFN2O2/c1-4-18(8-13(19)17-9(2)3)14(20)11-6-5-10(16)7-12(11)15/h5-7,9H,4,8H2,1-3H3,(H,17,19). The maximum absolute atomic E-state index is 13.0. The number of nitrogens with one attached hydrogen (secondary N) is 1. The average molecular weight is 301 g/mol. The summed E-state index contributed by atoms with van der Waals surface area (Å²) in [5, 5.41) is 2.75. The quantitative estimate of drug-likeness (QED) is 0.908. The van der Waals surface area contributed by atoms with Crippen molar-refractivity contribution >= 4 is 23.4 Å². The summed E-state index contributed by atoms with van der Waals surface area (Å²) in [6.07, 6.45) is 0. The van der Waals surface area contributed by atoms with E-state index >= 15 is 0 Å². The highest BCUT2D eigenvalue weighted by molar-refractivity contribution is 6.33. The molecule has 4 nitrogen and oxygen atoms in total. The molecule has 1 N–H and O–H groups in total. The number of carbonyl (C=O) groups is 2. The van der Waals surface area contributed by atoms with Gasteiger partial charge in [0.25, 0.3) is 5.91 Å². The fourth-order valence-corrected chi connectivity index (χ4v) is 1.95. The van der Waals surface area contributed by atoms with Crippen LogP contribution in [0.2, 0.25) is 5.02 Å². The van der Waals surface area contributed by atoms with E-state index in [2.05, 4.69) is 5.32 Å². The Balaban J connectivity index is 2.84. The number of nitrogens with zero attached hydrogens (tertiary/aromatic N) is 1. The van der Waals surface area contributed by atoms with Crippen LogP contribution in [0.15, 0.2) is 18.2 Å². The maximum Gasteiger partial charge on any atom is 0.255 e. The predicted molar refractivity (Wildman–Crippen MR) is 76.3 cm³/mol. The fourth-order valence-electron chi connectivity index (χ4n) is 1.70. The summed E-state index contributed by atoms with van der Waals surface area (Å²) in [5.41, 5.74) is 0.187. The molecule has 1 aromatic rings. The molecule has 0 heterocycles. The molecule has 6 heteroatoms. The smallest absolute Gasteiger partial charge is 0.255 e. The van der Waals surface area contributed by atoms with Gasteiger partial charge in [-0.1, -0.05) is 11.6 Å². The summed E-state index contributed by atoms with van der Waals surface area (Å²) in [6.45, 7) is 5.75. The summed E-state index contributed by atoms with van der Waals surface area (Å²) in [4.78, 5) is 25.3. The van der Waals surface area contributed by atoms with Gasteiger partial charge in [0.1, 0.15) is 5.82 Å². The van der Waals surface area contributed by atoms with Crippen molar-refractivity contribution in [3.05, 3.63) is 34.6 Å². The van der Waals surface area contributed by atoms with Gasteiger partial charge in [-0.25, -0.2) is 4.39 Å². The van der Waals surface area contributed by atoms with Crippen LogP contribution in [0.5, 0.6) is 0 Å². The van der Waals surface area contributed by atoms with E-state index in [-0.39, 0.29) is 29.1 Å². The van der Waals surface area contributed by atoms with Gasteiger partial charge in [0.15, 0.2) is 0 Å². The van der Waals surface area contributed by atoms with E-state index < -0.39 is 11.7 Å². The third-order valence-corrected chi connectivity index (χ3v) is 2.93. The van der Waals surface area contributed by atoms with Crippen molar-refractivity contribution in [2.24, 2.45) is 0 Å². The lowest BCUT2D eigenvalue weighted by Crippen LogP contribution is -2.42. The Kier molecular flexibility index (Phi) is 5.95. The number of halogens is 2. The number of carbonyl (C=O) groups excluding carboxylic acids is 2. The highest BCUT2D eigenvalue weighted by Crippen LogP contribution is 2.19. The third kappa shape index (κ3) is 4.49. The van der Waals surface area contributed by atoms with E-state index in [1.54, 1.807) is 6.92 Å². The predicted octanol–water partition coefficient (Wildman–Crippen LogP) is 2.47. The van der Waals surface area contributed by atoms with Crippen LogP contribution >= 0.6 is 11.6 Å².